The highest BCUT2D eigenvalue weighted by atomic mass is 127. The Bertz CT molecular complexity index is 5180. The van der Waals surface area contributed by atoms with Gasteiger partial charge >= 0.3 is 0 Å². The van der Waals surface area contributed by atoms with Crippen LogP contribution in [0.25, 0.3) is 0 Å². The molecule has 0 saturated carbocycles. The fourth-order valence-corrected chi connectivity index (χ4v) is 13.3. The molecule has 18 heteroatoms. The van der Waals surface area contributed by atoms with Crippen LogP contribution in [-0.2, 0) is 0 Å². The summed E-state index contributed by atoms with van der Waals surface area (Å²) in [5, 5.41) is 8.75. The second kappa shape index (κ2) is 62.7. The van der Waals surface area contributed by atoms with Crippen LogP contribution in [-0.4, -0.2) is 225 Å². The third-order valence-corrected chi connectivity index (χ3v) is 21.9. The molecular weight excluding hydrogens is 2000 g/mol. The van der Waals surface area contributed by atoms with Crippen molar-refractivity contribution in [2.45, 2.75) is 46.0 Å². The molecule has 0 unspecified atom stereocenters. The largest absolute Gasteiger partial charge is 0.508 e. The fourth-order valence-electron chi connectivity index (χ4n) is 10.9. The zero-order valence-electron chi connectivity index (χ0n) is 78.7. The quantitative estimate of drug-likeness (QED) is 0.0205. The Balaban J connectivity index is 0.000000350. The Morgan fingerprint density at radius 2 is 0.450 bits per heavy atom. The highest BCUT2D eigenvalue weighted by Crippen LogP contribution is 2.22. The van der Waals surface area contributed by atoms with Gasteiger partial charge in [0.1, 0.15) is 40.2 Å². The summed E-state index contributed by atoms with van der Waals surface area (Å²) >= 11 is 9.83. The van der Waals surface area contributed by atoms with Gasteiger partial charge in [-0.1, -0.05) is 78.5 Å². The molecule has 686 valence electrons. The summed E-state index contributed by atoms with van der Waals surface area (Å²) in [5.41, 5.74) is 7.52. The summed E-state index contributed by atoms with van der Waals surface area (Å²) < 4.78 is 42.0. The van der Waals surface area contributed by atoms with Crippen LogP contribution in [0.1, 0.15) is 110 Å². The topological polar surface area (TPSA) is 82.1 Å². The molecule has 0 spiro atoms. The van der Waals surface area contributed by atoms with E-state index >= 15 is 0 Å². The van der Waals surface area contributed by atoms with Crippen LogP contribution in [0.4, 0.5) is 0 Å². The van der Waals surface area contributed by atoms with Crippen LogP contribution in [0.3, 0.4) is 0 Å². The lowest BCUT2D eigenvalue weighted by atomic mass is 10.1. The van der Waals surface area contributed by atoms with Crippen molar-refractivity contribution < 1.29 is 51.5 Å². The van der Waals surface area contributed by atoms with E-state index < -0.39 is 0 Å². The first-order valence-corrected chi connectivity index (χ1v) is 47.9. The molecule has 0 amide bonds. The van der Waals surface area contributed by atoms with Gasteiger partial charge in [0.2, 0.25) is 0 Å². The molecule has 2 aromatic heterocycles. The highest BCUT2D eigenvalue weighted by molar-refractivity contribution is 14.1. The summed E-state index contributed by atoms with van der Waals surface area (Å²) in [7, 11) is 34.6. The Morgan fingerprint density at radius 3 is 0.656 bits per heavy atom. The average molecular weight is 2130 g/mol. The van der Waals surface area contributed by atoms with Crippen molar-refractivity contribution in [2.75, 3.05) is 192 Å². The summed E-state index contributed by atoms with van der Waals surface area (Å²) in [6.07, 6.45) is 26.8. The number of hydrogen-bond acceptors (Lipinski definition) is 11. The van der Waals surface area contributed by atoms with E-state index in [0.717, 1.165) is 237 Å². The van der Waals surface area contributed by atoms with E-state index in [-0.39, 0.29) is 7.43 Å². The maximum atomic E-state index is 8.75. The minimum absolute atomic E-state index is 0. The number of halogens is 3. The molecule has 11 aromatic rings. The van der Waals surface area contributed by atoms with Gasteiger partial charge in [-0.25, -0.2) is 0 Å². The Hall–Kier alpha value is -10.6. The van der Waals surface area contributed by atoms with E-state index in [1.165, 1.54) is 18.5 Å². The summed E-state index contributed by atoms with van der Waals surface area (Å²) in [4.78, 5) is 8.12. The highest BCUT2D eigenvalue weighted by Gasteiger charge is 2.11. The third-order valence-electron chi connectivity index (χ3n) is 17.8. The van der Waals surface area contributed by atoms with E-state index in [1.807, 2.05) is 206 Å². The van der Waals surface area contributed by atoms with E-state index in [1.54, 1.807) is 23.5 Å². The van der Waals surface area contributed by atoms with Crippen LogP contribution in [0.5, 0.6) is 40.2 Å². The number of rotatable bonds is 30. The van der Waals surface area contributed by atoms with Crippen LogP contribution in [0.2, 0.25) is 0 Å². The van der Waals surface area contributed by atoms with Gasteiger partial charge in [-0.3, -0.25) is 0 Å². The van der Waals surface area contributed by atoms with Gasteiger partial charge in [0.25, 0.3) is 0 Å². The van der Waals surface area contributed by atoms with Gasteiger partial charge in [0.15, 0.2) is 0 Å². The molecular formula is C113H133I3N6O7S2+4. The maximum Gasteiger partial charge on any atom is 0.119 e. The smallest absolute Gasteiger partial charge is 0.119 e. The Labute approximate surface area is 836 Å². The lowest BCUT2D eigenvalue weighted by Crippen LogP contribution is -2.36. The van der Waals surface area contributed by atoms with Gasteiger partial charge < -0.3 is 61.3 Å². The first kappa shape index (κ1) is 113. The van der Waals surface area contributed by atoms with Crippen molar-refractivity contribution in [3.63, 3.8) is 0 Å². The molecule has 2 heterocycles. The number of nitrogens with zero attached hydrogens (tertiary/aromatic N) is 6. The Morgan fingerprint density at radius 1 is 0.260 bits per heavy atom. The number of benzene rings is 9. The summed E-state index contributed by atoms with van der Waals surface area (Å²) in [5.74, 6) is 41.7. The van der Waals surface area contributed by atoms with E-state index in [4.69, 9.17) is 59.2 Å². The molecule has 0 fully saturated rings. The molecule has 0 saturated heterocycles. The number of ether oxygens (including phenoxy) is 6. The van der Waals surface area contributed by atoms with Gasteiger partial charge in [-0.05, 0) is 351 Å². The predicted molar refractivity (Wildman–Crippen MR) is 578 cm³/mol. The minimum Gasteiger partial charge on any atom is -0.508 e. The SMILES string of the molecule is C.C#Cc1ccc(C#C)cc1.C#Cc1ccc(C#C)s1.CN(C)CCCOc1ccc(I)cc1.CN(C)CCCOc1ccc(I)cc1.C[N+](C)(C)CCCOc1ccc(C#Cc2ccc(C#Cc3ccc(OCCC[N+](C)(C)C)cc3)cc2)cc1.C[N+](C)(C)CCCOc1ccc(C#Cc2ccc(C#Cc3ccc(OCCC[N+](C)(C)C)cc3)s2)cc1.Oc1ccc(I)cc1. The standard InChI is InChI=1S/C34H42N2O2.C32H40N2O2S.2C11H16INO.C10H6.C8H4S.C6H5IO.CH4/c1-35(2,3)25-7-27-37-33-21-17-31(18-22-33)15-13-29-9-11-30(12-10-29)14-16-32-19-23-34(24-20-32)38-28-8-26-36(4,5)6;1-33(2,3)23-7-25-35-29-15-9-27(10-16-29)13-19-31-21-22-32(37-31)20-14-28-11-17-30(18-12-28)36-26-8-24-34(4,5)6;2*1-13(2)8-3-9-14-11-6-4-10(12)5-7-11;1-3-9-5-7-10(4-2)8-6-9;1-3-7-5-6-8(4-2)9-7;7-5-1-3-6(8)4-2-5;/h9-12,17-24H,7-8,25-28H2,1-6H3;9-12,15-18,21-22H,7-8,23-26H2,1-6H3;2*4-7H,3,8-9H2,1-2H3;1-2,5-8H;1-2,5-6H;1-4,8H;1H4/q2*+2;;;;;;. The van der Waals surface area contributed by atoms with Crippen LogP contribution < -0.4 is 28.4 Å². The molecule has 131 heavy (non-hydrogen) atoms. The minimum atomic E-state index is 0. The average Bonchev–Trinajstić information content (AvgIpc) is 1.09. The lowest BCUT2D eigenvalue weighted by molar-refractivity contribution is -0.870. The maximum absolute atomic E-state index is 8.75. The van der Waals surface area contributed by atoms with Crippen molar-refractivity contribution >= 4 is 90.4 Å². The zero-order chi connectivity index (χ0) is 95.0. The van der Waals surface area contributed by atoms with E-state index in [9.17, 15) is 0 Å². The molecule has 9 aromatic carbocycles. The number of thiophene rings is 2. The van der Waals surface area contributed by atoms with Crippen molar-refractivity contribution in [2.24, 2.45) is 0 Å². The first-order chi connectivity index (χ1) is 62.0. The molecule has 0 radical (unpaired) electrons. The number of phenolic OH excluding ortho intramolecular Hbond substituents is 1. The number of phenols is 1. The first-order valence-electron chi connectivity index (χ1n) is 43.0. The number of aromatic hydroxyl groups is 1. The summed E-state index contributed by atoms with van der Waals surface area (Å²) in [6, 6.07) is 78.4. The van der Waals surface area contributed by atoms with Crippen molar-refractivity contribution in [3.8, 4) is 137 Å². The van der Waals surface area contributed by atoms with Gasteiger partial charge in [0, 0.05) is 94.0 Å². The van der Waals surface area contributed by atoms with Crippen LogP contribution in [0, 0.1) is 107 Å². The van der Waals surface area contributed by atoms with Crippen molar-refractivity contribution in [1.82, 2.24) is 9.80 Å². The van der Waals surface area contributed by atoms with Crippen LogP contribution >= 0.6 is 90.4 Å². The van der Waals surface area contributed by atoms with Crippen molar-refractivity contribution in [1.29, 1.82) is 0 Å². The zero-order valence-corrected chi connectivity index (χ0v) is 86.8. The van der Waals surface area contributed by atoms with Crippen molar-refractivity contribution in [3.05, 3.63) is 317 Å². The van der Waals surface area contributed by atoms with Gasteiger partial charge in [0.05, 0.1) is 170 Å². The number of quaternary nitrogens is 4. The van der Waals surface area contributed by atoms with Crippen LogP contribution in [0.15, 0.2) is 243 Å². The molecule has 0 atom stereocenters. The molecule has 1 N–H and O–H groups in total. The molecule has 11 rings (SSSR count). The fraction of sp³-hybridized carbons (Fsp3) is 0.310. The van der Waals surface area contributed by atoms with E-state index in [0.29, 0.717) is 5.75 Å². The molecule has 0 aliphatic rings. The molecule has 0 aliphatic heterocycles. The second-order valence-electron chi connectivity index (χ2n) is 34.4. The Kier molecular flexibility index (Phi) is 54.0. The second-order valence-corrected chi connectivity index (χ2v) is 40.3. The predicted octanol–water partition coefficient (Wildman–Crippen LogP) is 22.2. The van der Waals surface area contributed by atoms with Gasteiger partial charge in [-0.15, -0.1) is 48.4 Å². The molecule has 0 bridgehead atoms. The molecule has 13 nitrogen and oxygen atoms in total. The molecule has 0 aliphatic carbocycles. The lowest BCUT2D eigenvalue weighted by Gasteiger charge is -2.23. The normalized spacial score (nSPS) is 10.3. The van der Waals surface area contributed by atoms with Gasteiger partial charge in [-0.2, -0.15) is 0 Å². The number of terminal acetylenes is 4. The monoisotopic (exact) mass is 2130 g/mol. The van der Waals surface area contributed by atoms with E-state index in [2.05, 4.69) is 286 Å². The number of hydrogen-bond donors (Lipinski definition) is 1. The summed E-state index contributed by atoms with van der Waals surface area (Å²) in [6.45, 7) is 11.0. The third kappa shape index (κ3) is 56.0.